The second-order valence-corrected chi connectivity index (χ2v) is 9.41. The van der Waals surface area contributed by atoms with Crippen LogP contribution in [0.15, 0.2) is 58.9 Å². The van der Waals surface area contributed by atoms with Crippen LogP contribution in [0.2, 0.25) is 15.1 Å². The number of hydrogen-bond acceptors (Lipinski definition) is 4. The molecular weight excluding hydrogens is 457 g/mol. The molecule has 31 heavy (non-hydrogen) atoms. The van der Waals surface area contributed by atoms with E-state index in [1.807, 2.05) is 37.3 Å². The smallest absolute Gasteiger partial charge is 0.339 e. The summed E-state index contributed by atoms with van der Waals surface area (Å²) in [5.41, 5.74) is 2.13. The normalized spacial score (nSPS) is 21.0. The average Bonchev–Trinajstić information content (AvgIpc) is 3.57. The highest BCUT2D eigenvalue weighted by Gasteiger charge is 2.42. The zero-order valence-corrected chi connectivity index (χ0v) is 19.5. The summed E-state index contributed by atoms with van der Waals surface area (Å²) in [5, 5.41) is 1.65. The zero-order valence-electron chi connectivity index (χ0n) is 17.3. The molecule has 2 aromatic carbocycles. The van der Waals surface area contributed by atoms with Crippen molar-refractivity contribution >= 4 is 46.5 Å². The highest BCUT2D eigenvalue weighted by molar-refractivity contribution is 6.37. The second kappa shape index (κ2) is 8.85. The Morgan fingerprint density at radius 3 is 2.39 bits per heavy atom. The molecule has 0 radical (unpaired) electrons. The molecule has 1 fully saturated rings. The van der Waals surface area contributed by atoms with Gasteiger partial charge in [0.05, 0.1) is 24.5 Å². The molecule has 162 valence electrons. The summed E-state index contributed by atoms with van der Waals surface area (Å²) in [7, 11) is 1.36. The third-order valence-corrected chi connectivity index (χ3v) is 6.58. The summed E-state index contributed by atoms with van der Waals surface area (Å²) < 4.78 is 11.1. The molecule has 0 aromatic heterocycles. The molecule has 1 atom stereocenters. The van der Waals surface area contributed by atoms with Crippen molar-refractivity contribution in [1.29, 1.82) is 0 Å². The first-order valence-corrected chi connectivity index (χ1v) is 11.2. The summed E-state index contributed by atoms with van der Waals surface area (Å²) in [4.78, 5) is 17.5. The number of aliphatic imine (C=N–C) groups is 1. The van der Waals surface area contributed by atoms with Gasteiger partial charge in [-0.1, -0.05) is 53.0 Å². The molecule has 0 spiro atoms. The predicted molar refractivity (Wildman–Crippen MR) is 124 cm³/mol. The van der Waals surface area contributed by atoms with E-state index in [1.165, 1.54) is 7.11 Å². The first kappa shape index (κ1) is 22.2. The van der Waals surface area contributed by atoms with Crippen molar-refractivity contribution in [3.05, 3.63) is 80.1 Å². The van der Waals surface area contributed by atoms with Crippen LogP contribution in [0.25, 0.3) is 0 Å². The van der Waals surface area contributed by atoms with Crippen LogP contribution in [0.4, 0.5) is 0 Å². The summed E-state index contributed by atoms with van der Waals surface area (Å²) in [5.74, 6) is 0.357. The highest BCUT2D eigenvalue weighted by atomic mass is 35.5. The van der Waals surface area contributed by atoms with Crippen LogP contribution in [-0.4, -0.2) is 25.4 Å². The third-order valence-electron chi connectivity index (χ3n) is 5.78. The van der Waals surface area contributed by atoms with Crippen molar-refractivity contribution in [3.8, 4) is 0 Å². The van der Waals surface area contributed by atoms with Gasteiger partial charge in [0.25, 0.3) is 0 Å². The van der Waals surface area contributed by atoms with Crippen LogP contribution in [0.5, 0.6) is 0 Å². The standard InChI is InChI=1S/C24H22Cl3NO3/c1-24(15-5-7-16(25)8-6-15)12-19(23(29)30-2)22(31-13-14-3-4-14)28-21(24)18-10-9-17(26)11-20(18)27/h5-11,14H,3-4,12-13H2,1-2H3. The quantitative estimate of drug-likeness (QED) is 0.439. The summed E-state index contributed by atoms with van der Waals surface area (Å²) in [6, 6.07) is 12.8. The molecule has 0 amide bonds. The molecule has 1 aliphatic heterocycles. The van der Waals surface area contributed by atoms with E-state index in [0.29, 0.717) is 51.2 Å². The Kier molecular flexibility index (Phi) is 6.34. The van der Waals surface area contributed by atoms with Gasteiger partial charge in [0, 0.05) is 21.0 Å². The Balaban J connectivity index is 1.88. The molecule has 0 N–H and O–H groups in total. The van der Waals surface area contributed by atoms with E-state index >= 15 is 0 Å². The molecular formula is C24H22Cl3NO3. The monoisotopic (exact) mass is 477 g/mol. The Hall–Kier alpha value is -2.01. The Bertz CT molecular complexity index is 1070. The number of benzene rings is 2. The van der Waals surface area contributed by atoms with Gasteiger partial charge in [-0.05, 0) is 61.9 Å². The van der Waals surface area contributed by atoms with Crippen molar-refractivity contribution in [1.82, 2.24) is 0 Å². The number of nitrogens with zero attached hydrogens (tertiary/aromatic N) is 1. The van der Waals surface area contributed by atoms with Crippen LogP contribution in [-0.2, 0) is 19.7 Å². The van der Waals surface area contributed by atoms with Crippen LogP contribution in [0, 0.1) is 5.92 Å². The van der Waals surface area contributed by atoms with Crippen molar-refractivity contribution in [2.45, 2.75) is 31.6 Å². The minimum atomic E-state index is -0.669. The number of ether oxygens (including phenoxy) is 2. The second-order valence-electron chi connectivity index (χ2n) is 8.13. The molecule has 1 heterocycles. The predicted octanol–water partition coefficient (Wildman–Crippen LogP) is 6.61. The van der Waals surface area contributed by atoms with E-state index in [2.05, 4.69) is 0 Å². The molecule has 0 bridgehead atoms. The van der Waals surface area contributed by atoms with E-state index in [4.69, 9.17) is 49.3 Å². The fourth-order valence-corrected chi connectivity index (χ4v) is 4.41. The third kappa shape index (κ3) is 4.62. The number of methoxy groups -OCH3 is 1. The number of rotatable bonds is 6. The van der Waals surface area contributed by atoms with Crippen molar-refractivity contribution in [3.63, 3.8) is 0 Å². The summed E-state index contributed by atoms with van der Waals surface area (Å²) in [6.07, 6.45) is 2.60. The lowest BCUT2D eigenvalue weighted by molar-refractivity contribution is -0.136. The Morgan fingerprint density at radius 2 is 1.77 bits per heavy atom. The molecule has 0 saturated heterocycles. The lowest BCUT2D eigenvalue weighted by Gasteiger charge is -2.36. The first-order chi connectivity index (χ1) is 14.8. The van der Waals surface area contributed by atoms with Crippen molar-refractivity contribution in [2.75, 3.05) is 13.7 Å². The van der Waals surface area contributed by atoms with Gasteiger partial charge in [0.15, 0.2) is 0 Å². The topological polar surface area (TPSA) is 47.9 Å². The number of halogens is 3. The molecule has 1 aliphatic carbocycles. The Morgan fingerprint density at radius 1 is 1.10 bits per heavy atom. The average molecular weight is 479 g/mol. The number of hydrogen-bond donors (Lipinski definition) is 0. The largest absolute Gasteiger partial charge is 0.477 e. The van der Waals surface area contributed by atoms with Crippen LogP contribution in [0.1, 0.15) is 37.3 Å². The maximum Gasteiger partial charge on any atom is 0.339 e. The van der Waals surface area contributed by atoms with Crippen molar-refractivity contribution < 1.29 is 14.3 Å². The van der Waals surface area contributed by atoms with Crippen LogP contribution >= 0.6 is 34.8 Å². The van der Waals surface area contributed by atoms with Gasteiger partial charge in [-0.2, -0.15) is 0 Å². The van der Waals surface area contributed by atoms with E-state index in [1.54, 1.807) is 12.1 Å². The maximum absolute atomic E-state index is 12.7. The van der Waals surface area contributed by atoms with Gasteiger partial charge in [-0.15, -0.1) is 0 Å². The van der Waals surface area contributed by atoms with Gasteiger partial charge in [0.2, 0.25) is 5.88 Å². The summed E-state index contributed by atoms with van der Waals surface area (Å²) >= 11 is 18.8. The van der Waals surface area contributed by atoms with E-state index < -0.39 is 11.4 Å². The molecule has 2 aliphatic rings. The minimum absolute atomic E-state index is 0.297. The van der Waals surface area contributed by atoms with Gasteiger partial charge in [-0.3, -0.25) is 0 Å². The highest BCUT2D eigenvalue weighted by Crippen LogP contribution is 2.43. The van der Waals surface area contributed by atoms with E-state index in [-0.39, 0.29) is 0 Å². The molecule has 2 aromatic rings. The van der Waals surface area contributed by atoms with Gasteiger partial charge in [0.1, 0.15) is 5.57 Å². The first-order valence-electron chi connectivity index (χ1n) is 10.1. The SMILES string of the molecule is COC(=O)C1=C(OCC2CC2)N=C(c2ccc(Cl)cc2Cl)C(C)(c2ccc(Cl)cc2)C1. The van der Waals surface area contributed by atoms with Crippen LogP contribution in [0.3, 0.4) is 0 Å². The minimum Gasteiger partial charge on any atom is -0.477 e. The van der Waals surface area contributed by atoms with Gasteiger partial charge < -0.3 is 9.47 Å². The molecule has 1 unspecified atom stereocenters. The van der Waals surface area contributed by atoms with E-state index in [9.17, 15) is 4.79 Å². The van der Waals surface area contributed by atoms with Crippen LogP contribution < -0.4 is 0 Å². The molecule has 4 rings (SSSR count). The number of carbonyl (C=O) groups excluding carboxylic acids is 1. The summed E-state index contributed by atoms with van der Waals surface area (Å²) in [6.45, 7) is 2.55. The Labute approximate surface area is 196 Å². The van der Waals surface area contributed by atoms with Gasteiger partial charge >= 0.3 is 5.97 Å². The number of esters is 1. The number of carbonyl (C=O) groups is 1. The van der Waals surface area contributed by atoms with Crippen molar-refractivity contribution in [2.24, 2.45) is 10.9 Å². The zero-order chi connectivity index (χ0) is 22.2. The molecule has 4 nitrogen and oxygen atoms in total. The van der Waals surface area contributed by atoms with E-state index in [0.717, 1.165) is 24.0 Å². The van der Waals surface area contributed by atoms with Gasteiger partial charge in [-0.25, -0.2) is 9.79 Å². The molecule has 1 saturated carbocycles. The fourth-order valence-electron chi connectivity index (χ4n) is 3.78. The lowest BCUT2D eigenvalue weighted by atomic mass is 9.70. The maximum atomic E-state index is 12.7. The lowest BCUT2D eigenvalue weighted by Crippen LogP contribution is -2.38. The fraction of sp³-hybridized carbons (Fsp3) is 0.333. The molecule has 7 heteroatoms.